The molecular formula is C12H14FNO2S2. The van der Waals surface area contributed by atoms with Crippen LogP contribution >= 0.6 is 12.2 Å². The van der Waals surface area contributed by atoms with E-state index < -0.39 is 15.1 Å². The zero-order chi connectivity index (χ0) is 13.5. The molecule has 0 aromatic heterocycles. The summed E-state index contributed by atoms with van der Waals surface area (Å²) in [4.78, 5) is 0.186. The van der Waals surface area contributed by atoms with E-state index in [1.54, 1.807) is 19.1 Å². The van der Waals surface area contributed by atoms with Gasteiger partial charge >= 0.3 is 0 Å². The molecule has 0 saturated heterocycles. The zero-order valence-corrected chi connectivity index (χ0v) is 11.5. The van der Waals surface area contributed by atoms with Crippen LogP contribution < -0.4 is 5.73 Å². The van der Waals surface area contributed by atoms with Crippen LogP contribution in [0, 0.1) is 11.7 Å². The van der Waals surface area contributed by atoms with E-state index in [4.69, 9.17) is 18.0 Å². The second-order valence-corrected chi connectivity index (χ2v) is 7.34. The maximum atomic E-state index is 13.2. The standard InChI is InChI=1S/C12H14FNO2S2/c1-2-18(15,16)11-9(10(11)12(14)17)7-4-3-5-8(13)6-7/h3-6,9-11H,2H2,1H3,(H2,14,17)/t9-,10-,11+/m0/s1. The van der Waals surface area contributed by atoms with Crippen LogP contribution in [0.1, 0.15) is 18.4 Å². The van der Waals surface area contributed by atoms with E-state index >= 15 is 0 Å². The van der Waals surface area contributed by atoms with Gasteiger partial charge in [0.05, 0.1) is 10.2 Å². The third kappa shape index (κ3) is 2.27. The number of thiocarbonyl (C=S) groups is 1. The summed E-state index contributed by atoms with van der Waals surface area (Å²) in [6, 6.07) is 5.95. The molecule has 0 bridgehead atoms. The van der Waals surface area contributed by atoms with E-state index in [2.05, 4.69) is 0 Å². The first-order chi connectivity index (χ1) is 8.38. The molecule has 1 aromatic rings. The number of sulfone groups is 1. The summed E-state index contributed by atoms with van der Waals surface area (Å²) in [5.74, 6) is -1.01. The fourth-order valence-electron chi connectivity index (χ4n) is 2.37. The molecule has 0 unspecified atom stereocenters. The molecular weight excluding hydrogens is 273 g/mol. The van der Waals surface area contributed by atoms with E-state index in [1.807, 2.05) is 0 Å². The van der Waals surface area contributed by atoms with E-state index in [-0.39, 0.29) is 28.4 Å². The molecule has 98 valence electrons. The molecule has 0 amide bonds. The van der Waals surface area contributed by atoms with Gasteiger partial charge in [-0.25, -0.2) is 12.8 Å². The number of hydrogen-bond acceptors (Lipinski definition) is 3. The van der Waals surface area contributed by atoms with E-state index in [0.29, 0.717) is 5.56 Å². The molecule has 1 aliphatic carbocycles. The predicted molar refractivity (Wildman–Crippen MR) is 72.7 cm³/mol. The largest absolute Gasteiger partial charge is 0.393 e. The Hall–Kier alpha value is -1.01. The van der Waals surface area contributed by atoms with Gasteiger partial charge in [-0.2, -0.15) is 0 Å². The topological polar surface area (TPSA) is 60.2 Å². The van der Waals surface area contributed by atoms with Crippen LogP contribution in [0.3, 0.4) is 0 Å². The molecule has 18 heavy (non-hydrogen) atoms. The molecule has 3 nitrogen and oxygen atoms in total. The van der Waals surface area contributed by atoms with Gasteiger partial charge in [-0.3, -0.25) is 0 Å². The molecule has 2 rings (SSSR count). The Bertz CT molecular complexity index is 585. The third-order valence-electron chi connectivity index (χ3n) is 3.33. The molecule has 0 heterocycles. The summed E-state index contributed by atoms with van der Waals surface area (Å²) in [6.45, 7) is 1.59. The van der Waals surface area contributed by atoms with Crippen LogP contribution in [-0.4, -0.2) is 24.4 Å². The lowest BCUT2D eigenvalue weighted by Gasteiger charge is -2.00. The predicted octanol–water partition coefficient (Wildman–Crippen LogP) is 1.63. The third-order valence-corrected chi connectivity index (χ3v) is 5.83. The van der Waals surface area contributed by atoms with Gasteiger partial charge in [0.15, 0.2) is 9.84 Å². The van der Waals surface area contributed by atoms with Crippen LogP contribution in [0.25, 0.3) is 0 Å². The molecule has 0 radical (unpaired) electrons. The van der Waals surface area contributed by atoms with Crippen molar-refractivity contribution in [3.8, 4) is 0 Å². The van der Waals surface area contributed by atoms with Crippen molar-refractivity contribution >= 4 is 27.0 Å². The smallest absolute Gasteiger partial charge is 0.154 e. The SMILES string of the molecule is CCS(=O)(=O)[C@H]1[C@@H](C(N)=S)[C@@H]1c1cccc(F)c1. The zero-order valence-electron chi connectivity index (χ0n) is 9.84. The van der Waals surface area contributed by atoms with E-state index in [9.17, 15) is 12.8 Å². The highest BCUT2D eigenvalue weighted by molar-refractivity contribution is 7.92. The number of hydrogen-bond donors (Lipinski definition) is 1. The fourth-order valence-corrected chi connectivity index (χ4v) is 4.58. The first-order valence-electron chi connectivity index (χ1n) is 5.65. The van der Waals surface area contributed by atoms with E-state index in [1.165, 1.54) is 12.1 Å². The average Bonchev–Trinajstić information content (AvgIpc) is 3.05. The lowest BCUT2D eigenvalue weighted by Crippen LogP contribution is -2.18. The first kappa shape index (κ1) is 13.4. The minimum absolute atomic E-state index is 0.0442. The normalized spacial score (nSPS) is 26.9. The summed E-state index contributed by atoms with van der Waals surface area (Å²) in [7, 11) is -3.22. The Labute approximate surface area is 111 Å². The Balaban J connectivity index is 2.37. The van der Waals surface area contributed by atoms with Gasteiger partial charge in [-0.1, -0.05) is 31.3 Å². The van der Waals surface area contributed by atoms with Crippen LogP contribution in [0.5, 0.6) is 0 Å². The van der Waals surface area contributed by atoms with E-state index in [0.717, 1.165) is 0 Å². The maximum Gasteiger partial charge on any atom is 0.154 e. The van der Waals surface area contributed by atoms with Crippen molar-refractivity contribution in [1.29, 1.82) is 0 Å². The Kier molecular flexibility index (Phi) is 3.42. The highest BCUT2D eigenvalue weighted by Gasteiger charge is 2.59. The van der Waals surface area contributed by atoms with Gasteiger partial charge in [0.2, 0.25) is 0 Å². The Morgan fingerprint density at radius 1 is 1.50 bits per heavy atom. The van der Waals surface area contributed by atoms with Crippen molar-refractivity contribution in [2.24, 2.45) is 11.7 Å². The molecule has 6 heteroatoms. The molecule has 1 saturated carbocycles. The summed E-state index contributed by atoms with van der Waals surface area (Å²) in [5.41, 5.74) is 6.23. The van der Waals surface area contributed by atoms with Gasteiger partial charge in [0.1, 0.15) is 5.82 Å². The summed E-state index contributed by atoms with van der Waals surface area (Å²) in [5, 5.41) is -0.596. The van der Waals surface area contributed by atoms with Crippen LogP contribution in [0.2, 0.25) is 0 Å². The van der Waals surface area contributed by atoms with Gasteiger partial charge in [0, 0.05) is 17.6 Å². The van der Waals surface area contributed by atoms with Gasteiger partial charge in [-0.05, 0) is 17.7 Å². The first-order valence-corrected chi connectivity index (χ1v) is 7.77. The summed E-state index contributed by atoms with van der Waals surface area (Å²) >= 11 is 4.91. The number of rotatable bonds is 4. The minimum atomic E-state index is -3.22. The molecule has 1 fully saturated rings. The van der Waals surface area contributed by atoms with Crippen molar-refractivity contribution in [3.05, 3.63) is 35.6 Å². The van der Waals surface area contributed by atoms with Crippen molar-refractivity contribution in [2.45, 2.75) is 18.1 Å². The summed E-state index contributed by atoms with van der Waals surface area (Å²) in [6.07, 6.45) is 0. The maximum absolute atomic E-state index is 13.2. The highest BCUT2D eigenvalue weighted by atomic mass is 32.2. The second-order valence-electron chi connectivity index (χ2n) is 4.43. The Morgan fingerprint density at radius 3 is 2.67 bits per heavy atom. The number of halogens is 1. The van der Waals surface area contributed by atoms with Crippen LogP contribution in [-0.2, 0) is 9.84 Å². The van der Waals surface area contributed by atoms with Gasteiger partial charge in [0.25, 0.3) is 0 Å². The van der Waals surface area contributed by atoms with Crippen molar-refractivity contribution in [2.75, 3.05) is 5.75 Å². The highest BCUT2D eigenvalue weighted by Crippen LogP contribution is 2.52. The molecule has 1 aliphatic rings. The fraction of sp³-hybridized carbons (Fsp3) is 0.417. The Morgan fingerprint density at radius 2 is 2.17 bits per heavy atom. The monoisotopic (exact) mass is 287 g/mol. The van der Waals surface area contributed by atoms with Crippen molar-refractivity contribution in [3.63, 3.8) is 0 Å². The van der Waals surface area contributed by atoms with Gasteiger partial charge < -0.3 is 5.73 Å². The lowest BCUT2D eigenvalue weighted by atomic mass is 10.1. The molecule has 3 atom stereocenters. The van der Waals surface area contributed by atoms with Gasteiger partial charge in [-0.15, -0.1) is 0 Å². The average molecular weight is 287 g/mol. The minimum Gasteiger partial charge on any atom is -0.393 e. The molecule has 0 spiro atoms. The summed E-state index contributed by atoms with van der Waals surface area (Å²) < 4.78 is 37.0. The lowest BCUT2D eigenvalue weighted by molar-refractivity contribution is 0.594. The second kappa shape index (κ2) is 4.59. The molecule has 0 aliphatic heterocycles. The van der Waals surface area contributed by atoms with Crippen LogP contribution in [0.4, 0.5) is 4.39 Å². The van der Waals surface area contributed by atoms with Crippen molar-refractivity contribution < 1.29 is 12.8 Å². The van der Waals surface area contributed by atoms with Crippen LogP contribution in [0.15, 0.2) is 24.3 Å². The molecule has 1 aromatic carbocycles. The molecule has 2 N–H and O–H groups in total. The number of nitrogens with two attached hydrogens (primary N) is 1. The van der Waals surface area contributed by atoms with Crippen molar-refractivity contribution in [1.82, 2.24) is 0 Å². The quantitative estimate of drug-likeness (QED) is 0.855. The number of benzene rings is 1.